The number of para-hydroxylation sites is 1. The molecule has 0 saturated carbocycles. The minimum Gasteiger partial charge on any atom is -0.356 e. The van der Waals surface area contributed by atoms with Crippen LogP contribution in [0.15, 0.2) is 28.8 Å². The van der Waals surface area contributed by atoms with Crippen LogP contribution in [0.1, 0.15) is 12.6 Å². The van der Waals surface area contributed by atoms with E-state index in [1.165, 1.54) is 0 Å². The quantitative estimate of drug-likeness (QED) is 0.874. The first-order chi connectivity index (χ1) is 9.66. The van der Waals surface area contributed by atoms with Crippen molar-refractivity contribution in [3.63, 3.8) is 0 Å². The Bertz CT molecular complexity index is 664. The van der Waals surface area contributed by atoms with Gasteiger partial charge in [-0.2, -0.15) is 0 Å². The molecule has 0 aliphatic carbocycles. The van der Waals surface area contributed by atoms with E-state index in [0.717, 1.165) is 5.39 Å². The molecular formula is C14H15N3O3. The fourth-order valence-corrected chi connectivity index (χ4v) is 2.43. The van der Waals surface area contributed by atoms with E-state index in [9.17, 15) is 9.59 Å². The van der Waals surface area contributed by atoms with Crippen molar-refractivity contribution >= 4 is 22.8 Å². The Morgan fingerprint density at radius 3 is 3.15 bits per heavy atom. The van der Waals surface area contributed by atoms with Crippen molar-refractivity contribution in [1.29, 1.82) is 0 Å². The predicted molar refractivity (Wildman–Crippen MR) is 71.9 cm³/mol. The number of benzene rings is 1. The summed E-state index contributed by atoms with van der Waals surface area (Å²) in [6.07, 6.45) is 0.147. The van der Waals surface area contributed by atoms with Crippen molar-refractivity contribution in [1.82, 2.24) is 15.4 Å². The Hall–Kier alpha value is -2.37. The fourth-order valence-electron chi connectivity index (χ4n) is 2.43. The number of hydrogen-bond acceptors (Lipinski definition) is 4. The van der Waals surface area contributed by atoms with Gasteiger partial charge in [-0.05, 0) is 19.1 Å². The molecule has 3 rings (SSSR count). The van der Waals surface area contributed by atoms with Gasteiger partial charge in [0.1, 0.15) is 11.7 Å². The van der Waals surface area contributed by atoms with Crippen molar-refractivity contribution in [2.24, 2.45) is 0 Å². The molecule has 0 radical (unpaired) electrons. The van der Waals surface area contributed by atoms with Crippen molar-refractivity contribution in [3.8, 4) is 0 Å². The molecule has 6 nitrogen and oxygen atoms in total. The van der Waals surface area contributed by atoms with Crippen LogP contribution in [0.2, 0.25) is 0 Å². The van der Waals surface area contributed by atoms with E-state index < -0.39 is 6.04 Å². The highest BCUT2D eigenvalue weighted by molar-refractivity contribution is 5.91. The molecular weight excluding hydrogens is 258 g/mol. The normalized spacial score (nSPS) is 19.1. The summed E-state index contributed by atoms with van der Waals surface area (Å²) in [6, 6.07) is 6.99. The lowest BCUT2D eigenvalue weighted by atomic mass is 10.1. The van der Waals surface area contributed by atoms with E-state index in [1.807, 2.05) is 24.3 Å². The second kappa shape index (κ2) is 4.96. The highest BCUT2D eigenvalue weighted by Gasteiger charge is 2.29. The molecule has 1 N–H and O–H groups in total. The van der Waals surface area contributed by atoms with Crippen LogP contribution in [0.25, 0.3) is 11.0 Å². The number of amides is 2. The number of carbonyl (C=O) groups is 2. The molecule has 2 amide bonds. The molecule has 1 aliphatic heterocycles. The van der Waals surface area contributed by atoms with Gasteiger partial charge in [-0.15, -0.1) is 0 Å². The molecule has 0 spiro atoms. The summed E-state index contributed by atoms with van der Waals surface area (Å²) in [5.41, 5.74) is 1.28. The van der Waals surface area contributed by atoms with Gasteiger partial charge in [-0.3, -0.25) is 9.59 Å². The summed E-state index contributed by atoms with van der Waals surface area (Å²) in [6.45, 7) is 2.75. The number of rotatable bonds is 2. The van der Waals surface area contributed by atoms with Gasteiger partial charge in [-0.1, -0.05) is 17.3 Å². The minimum atomic E-state index is -0.436. The highest BCUT2D eigenvalue weighted by Crippen LogP contribution is 2.19. The standard InChI is InChI=1S/C14H15N3O3/c1-9-14(19)15-6-7-17(9)13(18)8-11-10-4-2-3-5-12(10)20-16-11/h2-5,9H,6-8H2,1H3,(H,15,19). The summed E-state index contributed by atoms with van der Waals surface area (Å²) in [5.74, 6) is -0.221. The van der Waals surface area contributed by atoms with Crippen LogP contribution in [-0.2, 0) is 16.0 Å². The number of carbonyl (C=O) groups excluding carboxylic acids is 2. The summed E-state index contributed by atoms with van der Waals surface area (Å²) >= 11 is 0. The van der Waals surface area contributed by atoms with Gasteiger partial charge < -0.3 is 14.7 Å². The molecule has 1 atom stereocenters. The van der Waals surface area contributed by atoms with Crippen LogP contribution >= 0.6 is 0 Å². The van der Waals surface area contributed by atoms with E-state index >= 15 is 0 Å². The molecule has 0 bridgehead atoms. The third-order valence-corrected chi connectivity index (χ3v) is 3.59. The Kier molecular flexibility index (Phi) is 3.14. The van der Waals surface area contributed by atoms with Crippen LogP contribution in [0.3, 0.4) is 0 Å². The molecule has 1 aromatic heterocycles. The number of piperazine rings is 1. The third-order valence-electron chi connectivity index (χ3n) is 3.59. The molecule has 1 unspecified atom stereocenters. The average molecular weight is 273 g/mol. The van der Waals surface area contributed by atoms with Crippen LogP contribution in [0, 0.1) is 0 Å². The maximum absolute atomic E-state index is 12.3. The van der Waals surface area contributed by atoms with E-state index in [0.29, 0.717) is 24.4 Å². The second-order valence-corrected chi connectivity index (χ2v) is 4.86. The van der Waals surface area contributed by atoms with Gasteiger partial charge in [0.25, 0.3) is 0 Å². The van der Waals surface area contributed by atoms with Crippen molar-refractivity contribution in [2.75, 3.05) is 13.1 Å². The molecule has 1 fully saturated rings. The molecule has 2 heterocycles. The van der Waals surface area contributed by atoms with Gasteiger partial charge in [0.05, 0.1) is 6.42 Å². The van der Waals surface area contributed by atoms with E-state index in [1.54, 1.807) is 11.8 Å². The Balaban J connectivity index is 1.80. The lowest BCUT2D eigenvalue weighted by Gasteiger charge is -2.32. The number of aromatic nitrogens is 1. The average Bonchev–Trinajstić information content (AvgIpc) is 2.85. The lowest BCUT2D eigenvalue weighted by Crippen LogP contribution is -2.56. The summed E-state index contributed by atoms with van der Waals surface area (Å²) < 4.78 is 5.19. The van der Waals surface area contributed by atoms with E-state index in [-0.39, 0.29) is 18.2 Å². The number of nitrogens with zero attached hydrogens (tertiary/aromatic N) is 2. The van der Waals surface area contributed by atoms with E-state index in [2.05, 4.69) is 10.5 Å². The van der Waals surface area contributed by atoms with Crippen LogP contribution in [0.4, 0.5) is 0 Å². The first-order valence-corrected chi connectivity index (χ1v) is 6.57. The fraction of sp³-hybridized carbons (Fsp3) is 0.357. The largest absolute Gasteiger partial charge is 0.356 e. The Labute approximate surface area is 115 Å². The first-order valence-electron chi connectivity index (χ1n) is 6.57. The summed E-state index contributed by atoms with van der Waals surface area (Å²) in [4.78, 5) is 25.5. The molecule has 20 heavy (non-hydrogen) atoms. The zero-order valence-electron chi connectivity index (χ0n) is 11.1. The van der Waals surface area contributed by atoms with E-state index in [4.69, 9.17) is 4.52 Å². The number of fused-ring (bicyclic) bond motifs is 1. The molecule has 1 aliphatic rings. The van der Waals surface area contributed by atoms with Gasteiger partial charge in [0, 0.05) is 18.5 Å². The maximum Gasteiger partial charge on any atom is 0.242 e. The highest BCUT2D eigenvalue weighted by atomic mass is 16.5. The van der Waals surface area contributed by atoms with Crippen molar-refractivity contribution in [2.45, 2.75) is 19.4 Å². The summed E-state index contributed by atoms with van der Waals surface area (Å²) in [7, 11) is 0. The SMILES string of the molecule is CC1C(=O)NCCN1C(=O)Cc1noc2ccccc12. The predicted octanol–water partition coefficient (Wildman–Crippen LogP) is 0.717. The lowest BCUT2D eigenvalue weighted by molar-refractivity contribution is -0.142. The van der Waals surface area contributed by atoms with Gasteiger partial charge >= 0.3 is 0 Å². The summed E-state index contributed by atoms with van der Waals surface area (Å²) in [5, 5.41) is 7.53. The van der Waals surface area contributed by atoms with Gasteiger partial charge in [0.2, 0.25) is 11.8 Å². The van der Waals surface area contributed by atoms with Crippen molar-refractivity contribution in [3.05, 3.63) is 30.0 Å². The van der Waals surface area contributed by atoms with Crippen LogP contribution in [0.5, 0.6) is 0 Å². The third kappa shape index (κ3) is 2.13. The molecule has 6 heteroatoms. The smallest absolute Gasteiger partial charge is 0.242 e. The Morgan fingerprint density at radius 1 is 1.50 bits per heavy atom. The minimum absolute atomic E-state index is 0.105. The molecule has 1 aromatic carbocycles. The number of nitrogens with one attached hydrogen (secondary N) is 1. The van der Waals surface area contributed by atoms with Crippen molar-refractivity contribution < 1.29 is 14.1 Å². The Morgan fingerprint density at radius 2 is 2.30 bits per heavy atom. The number of hydrogen-bond donors (Lipinski definition) is 1. The monoisotopic (exact) mass is 273 g/mol. The topological polar surface area (TPSA) is 75.4 Å². The maximum atomic E-state index is 12.3. The zero-order chi connectivity index (χ0) is 14.1. The second-order valence-electron chi connectivity index (χ2n) is 4.86. The zero-order valence-corrected chi connectivity index (χ0v) is 11.1. The van der Waals surface area contributed by atoms with Crippen LogP contribution < -0.4 is 5.32 Å². The molecule has 1 saturated heterocycles. The van der Waals surface area contributed by atoms with Gasteiger partial charge in [-0.25, -0.2) is 0 Å². The molecule has 2 aromatic rings. The van der Waals surface area contributed by atoms with Crippen LogP contribution in [-0.4, -0.2) is 41.0 Å². The first kappa shape index (κ1) is 12.7. The molecule has 104 valence electrons. The van der Waals surface area contributed by atoms with Gasteiger partial charge in [0.15, 0.2) is 5.58 Å².